The normalized spacial score (nSPS) is 11.0. The first-order valence-corrected chi connectivity index (χ1v) is 8.41. The Morgan fingerprint density at radius 1 is 0.682 bits per heavy atom. The van der Waals surface area contributed by atoms with Crippen molar-refractivity contribution >= 4 is 11.4 Å². The van der Waals surface area contributed by atoms with Crippen LogP contribution in [-0.2, 0) is 0 Å². The number of nitrogens with two attached hydrogens (primary N) is 2. The van der Waals surface area contributed by atoms with Crippen molar-refractivity contribution in [1.82, 2.24) is 0 Å². The molecule has 0 unspecified atom stereocenters. The topological polar surface area (TPSA) is 52.0 Å². The van der Waals surface area contributed by atoms with E-state index in [2.05, 4.69) is 31.2 Å². The predicted molar refractivity (Wildman–Crippen MR) is 96.9 cm³/mol. The van der Waals surface area contributed by atoms with Crippen LogP contribution in [0.2, 0.25) is 0 Å². The fourth-order valence-electron chi connectivity index (χ4n) is 2.93. The highest BCUT2D eigenvalue weighted by Gasteiger charge is 2.13. The SMILES string of the molecule is CCCCCCCC(c1ccc(N)cc1)c1ccc(N)cc1. The van der Waals surface area contributed by atoms with Crippen LogP contribution < -0.4 is 11.5 Å². The molecule has 22 heavy (non-hydrogen) atoms. The summed E-state index contributed by atoms with van der Waals surface area (Å²) in [6.45, 7) is 2.26. The number of anilines is 2. The summed E-state index contributed by atoms with van der Waals surface area (Å²) in [5.74, 6) is 0.433. The Bertz CT molecular complexity index is 497. The van der Waals surface area contributed by atoms with Gasteiger partial charge in [-0.3, -0.25) is 0 Å². The average Bonchev–Trinajstić information content (AvgIpc) is 2.53. The molecular weight excluding hydrogens is 268 g/mol. The zero-order valence-electron chi connectivity index (χ0n) is 13.6. The molecule has 4 N–H and O–H groups in total. The maximum Gasteiger partial charge on any atom is 0.0314 e. The van der Waals surface area contributed by atoms with Crippen molar-refractivity contribution in [3.63, 3.8) is 0 Å². The molecule has 0 spiro atoms. The number of hydrogen-bond acceptors (Lipinski definition) is 2. The van der Waals surface area contributed by atoms with Crippen LogP contribution in [0.15, 0.2) is 48.5 Å². The first-order valence-electron chi connectivity index (χ1n) is 8.41. The molecule has 2 nitrogen and oxygen atoms in total. The minimum atomic E-state index is 0.433. The molecule has 0 aliphatic rings. The Labute approximate surface area is 134 Å². The molecule has 2 aromatic carbocycles. The van der Waals surface area contributed by atoms with Crippen LogP contribution >= 0.6 is 0 Å². The van der Waals surface area contributed by atoms with Crippen molar-refractivity contribution in [2.45, 2.75) is 51.4 Å². The summed E-state index contributed by atoms with van der Waals surface area (Å²) in [5, 5.41) is 0. The maximum atomic E-state index is 5.82. The summed E-state index contributed by atoms with van der Waals surface area (Å²) >= 11 is 0. The summed E-state index contributed by atoms with van der Waals surface area (Å²) in [4.78, 5) is 0. The standard InChI is InChI=1S/C20H28N2/c1-2-3-4-5-6-7-20(16-8-12-18(21)13-9-16)17-10-14-19(22)15-11-17/h8-15,20H,2-7,21-22H2,1H3. The van der Waals surface area contributed by atoms with E-state index in [0.717, 1.165) is 11.4 Å². The number of unbranched alkanes of at least 4 members (excludes halogenated alkanes) is 4. The van der Waals surface area contributed by atoms with Gasteiger partial charge < -0.3 is 11.5 Å². The van der Waals surface area contributed by atoms with E-state index in [4.69, 9.17) is 11.5 Å². The largest absolute Gasteiger partial charge is 0.399 e. The van der Waals surface area contributed by atoms with E-state index in [0.29, 0.717) is 5.92 Å². The molecule has 0 heterocycles. The van der Waals surface area contributed by atoms with Crippen molar-refractivity contribution < 1.29 is 0 Å². The lowest BCUT2D eigenvalue weighted by Gasteiger charge is -2.18. The van der Waals surface area contributed by atoms with Crippen molar-refractivity contribution in [3.05, 3.63) is 59.7 Å². The second-order valence-corrected chi connectivity index (χ2v) is 6.09. The number of hydrogen-bond donors (Lipinski definition) is 2. The Kier molecular flexibility index (Phi) is 6.32. The highest BCUT2D eigenvalue weighted by molar-refractivity contribution is 5.45. The fourth-order valence-corrected chi connectivity index (χ4v) is 2.93. The molecule has 0 fully saturated rings. The van der Waals surface area contributed by atoms with Gasteiger partial charge in [0.15, 0.2) is 0 Å². The molecule has 0 aliphatic heterocycles. The van der Waals surface area contributed by atoms with Gasteiger partial charge in [0.05, 0.1) is 0 Å². The molecule has 0 saturated carbocycles. The highest BCUT2D eigenvalue weighted by atomic mass is 14.5. The third-order valence-corrected chi connectivity index (χ3v) is 4.27. The summed E-state index contributed by atoms with van der Waals surface area (Å²) in [5.41, 5.74) is 16.0. The molecule has 0 aliphatic carbocycles. The van der Waals surface area contributed by atoms with Gasteiger partial charge in [0.1, 0.15) is 0 Å². The molecule has 0 aromatic heterocycles. The summed E-state index contributed by atoms with van der Waals surface area (Å²) < 4.78 is 0. The van der Waals surface area contributed by atoms with E-state index < -0.39 is 0 Å². The number of benzene rings is 2. The lowest BCUT2D eigenvalue weighted by Crippen LogP contribution is -2.02. The molecule has 0 atom stereocenters. The Hall–Kier alpha value is -1.96. The van der Waals surface area contributed by atoms with Crippen molar-refractivity contribution in [3.8, 4) is 0 Å². The molecule has 0 amide bonds. The molecule has 2 rings (SSSR count). The lowest BCUT2D eigenvalue weighted by atomic mass is 9.86. The van der Waals surface area contributed by atoms with Crippen LogP contribution in [0.5, 0.6) is 0 Å². The van der Waals surface area contributed by atoms with Gasteiger partial charge in [0.25, 0.3) is 0 Å². The monoisotopic (exact) mass is 296 g/mol. The highest BCUT2D eigenvalue weighted by Crippen LogP contribution is 2.31. The first-order chi connectivity index (χ1) is 10.7. The van der Waals surface area contributed by atoms with Crippen molar-refractivity contribution in [1.29, 1.82) is 0 Å². The van der Waals surface area contributed by atoms with Crippen molar-refractivity contribution in [2.24, 2.45) is 0 Å². The second-order valence-electron chi connectivity index (χ2n) is 6.09. The lowest BCUT2D eigenvalue weighted by molar-refractivity contribution is 0.580. The van der Waals surface area contributed by atoms with Crippen LogP contribution in [0.4, 0.5) is 11.4 Å². The van der Waals surface area contributed by atoms with Gasteiger partial charge in [-0.05, 0) is 41.8 Å². The quantitative estimate of drug-likeness (QED) is 0.510. The predicted octanol–water partition coefficient (Wildman–Crippen LogP) is 5.34. The smallest absolute Gasteiger partial charge is 0.0314 e. The molecule has 118 valence electrons. The third kappa shape index (κ3) is 4.80. The van der Waals surface area contributed by atoms with Gasteiger partial charge in [-0.2, -0.15) is 0 Å². The fraction of sp³-hybridized carbons (Fsp3) is 0.400. The molecule has 0 bridgehead atoms. The van der Waals surface area contributed by atoms with Gasteiger partial charge in [-0.1, -0.05) is 63.3 Å². The van der Waals surface area contributed by atoms with Crippen molar-refractivity contribution in [2.75, 3.05) is 11.5 Å². The van der Waals surface area contributed by atoms with Crippen LogP contribution in [0.1, 0.15) is 62.5 Å². The van der Waals surface area contributed by atoms with E-state index in [-0.39, 0.29) is 0 Å². The van der Waals surface area contributed by atoms with E-state index in [9.17, 15) is 0 Å². The Morgan fingerprint density at radius 3 is 1.59 bits per heavy atom. The van der Waals surface area contributed by atoms with Gasteiger partial charge in [-0.25, -0.2) is 0 Å². The molecule has 2 heteroatoms. The van der Waals surface area contributed by atoms with E-state index in [1.54, 1.807) is 0 Å². The van der Waals surface area contributed by atoms with Gasteiger partial charge in [-0.15, -0.1) is 0 Å². The number of nitrogen functional groups attached to an aromatic ring is 2. The molecule has 0 radical (unpaired) electrons. The zero-order chi connectivity index (χ0) is 15.8. The molecule has 0 saturated heterocycles. The van der Waals surface area contributed by atoms with Crippen LogP contribution in [0, 0.1) is 0 Å². The van der Waals surface area contributed by atoms with Crippen LogP contribution in [0.3, 0.4) is 0 Å². The molecular formula is C20H28N2. The second kappa shape index (κ2) is 8.47. The number of rotatable bonds is 8. The maximum absolute atomic E-state index is 5.82. The Morgan fingerprint density at radius 2 is 1.14 bits per heavy atom. The summed E-state index contributed by atoms with van der Waals surface area (Å²) in [6, 6.07) is 16.6. The third-order valence-electron chi connectivity index (χ3n) is 4.27. The van der Waals surface area contributed by atoms with Gasteiger partial charge >= 0.3 is 0 Å². The van der Waals surface area contributed by atoms with E-state index in [1.807, 2.05) is 24.3 Å². The Balaban J connectivity index is 2.10. The average molecular weight is 296 g/mol. The summed E-state index contributed by atoms with van der Waals surface area (Å²) in [6.07, 6.45) is 7.73. The van der Waals surface area contributed by atoms with E-state index >= 15 is 0 Å². The van der Waals surface area contributed by atoms with E-state index in [1.165, 1.54) is 49.7 Å². The minimum absolute atomic E-state index is 0.433. The van der Waals surface area contributed by atoms with Crippen LogP contribution in [0.25, 0.3) is 0 Å². The molecule has 2 aromatic rings. The minimum Gasteiger partial charge on any atom is -0.399 e. The van der Waals surface area contributed by atoms with Crippen LogP contribution in [-0.4, -0.2) is 0 Å². The van der Waals surface area contributed by atoms with Gasteiger partial charge in [0.2, 0.25) is 0 Å². The van der Waals surface area contributed by atoms with Gasteiger partial charge in [0, 0.05) is 17.3 Å². The summed E-state index contributed by atoms with van der Waals surface area (Å²) in [7, 11) is 0. The first kappa shape index (κ1) is 16.4. The zero-order valence-corrected chi connectivity index (χ0v) is 13.6.